The minimum Gasteiger partial charge on any atom is -0.459 e. The second kappa shape index (κ2) is 6.03. The van der Waals surface area contributed by atoms with Crippen molar-refractivity contribution in [3.8, 4) is 0 Å². The molecule has 1 aromatic heterocycles. The molecule has 0 amide bonds. The highest BCUT2D eigenvalue weighted by Gasteiger charge is 2.12. The van der Waals surface area contributed by atoms with Crippen LogP contribution in [-0.4, -0.2) is 13.2 Å². The van der Waals surface area contributed by atoms with E-state index >= 15 is 0 Å². The van der Waals surface area contributed by atoms with Crippen LogP contribution in [0, 0.1) is 5.92 Å². The van der Waals surface area contributed by atoms with Gasteiger partial charge in [-0.2, -0.15) is 0 Å². The van der Waals surface area contributed by atoms with E-state index in [1.165, 1.54) is 0 Å². The molecular formula is C15H21NO2. The Morgan fingerprint density at radius 3 is 2.78 bits per heavy atom. The average Bonchev–Trinajstić information content (AvgIpc) is 2.78. The van der Waals surface area contributed by atoms with Crippen molar-refractivity contribution in [1.82, 2.24) is 0 Å². The Kier molecular flexibility index (Phi) is 4.39. The Hall–Kier alpha value is -1.32. The van der Waals surface area contributed by atoms with Crippen molar-refractivity contribution in [1.29, 1.82) is 0 Å². The van der Waals surface area contributed by atoms with E-state index in [0.29, 0.717) is 12.5 Å². The van der Waals surface area contributed by atoms with Crippen molar-refractivity contribution in [2.45, 2.75) is 26.3 Å². The third-order valence-electron chi connectivity index (χ3n) is 2.95. The first kappa shape index (κ1) is 13.1. The van der Waals surface area contributed by atoms with Crippen molar-refractivity contribution in [2.24, 2.45) is 11.7 Å². The second-order valence-corrected chi connectivity index (χ2v) is 5.05. The van der Waals surface area contributed by atoms with Gasteiger partial charge in [0.25, 0.3) is 0 Å². The molecule has 0 spiro atoms. The zero-order valence-electron chi connectivity index (χ0n) is 11.1. The van der Waals surface area contributed by atoms with Crippen molar-refractivity contribution < 1.29 is 9.15 Å². The average molecular weight is 247 g/mol. The van der Waals surface area contributed by atoms with Crippen molar-refractivity contribution in [2.75, 3.05) is 13.2 Å². The number of furan rings is 1. The van der Waals surface area contributed by atoms with Crippen molar-refractivity contribution in [3.63, 3.8) is 0 Å². The Balaban J connectivity index is 1.90. The van der Waals surface area contributed by atoms with E-state index in [0.717, 1.165) is 29.8 Å². The Morgan fingerprint density at radius 2 is 2.06 bits per heavy atom. The summed E-state index contributed by atoms with van der Waals surface area (Å²) in [5.74, 6) is 1.45. The molecule has 1 heterocycles. The standard InChI is InChI=1S/C15H21NO2/c1-11(2)7-8-17-10-13(16)15-9-12-5-3-4-6-14(12)18-15/h3-6,9,11,13H,7-8,10,16H2,1-2H3. The molecule has 1 atom stereocenters. The maximum atomic E-state index is 6.06. The second-order valence-electron chi connectivity index (χ2n) is 5.05. The summed E-state index contributed by atoms with van der Waals surface area (Å²) in [6.45, 7) is 5.63. The SMILES string of the molecule is CC(C)CCOCC(N)c1cc2ccccc2o1. The van der Waals surface area contributed by atoms with Crippen molar-refractivity contribution >= 4 is 11.0 Å². The van der Waals surface area contributed by atoms with Crippen LogP contribution in [0.25, 0.3) is 11.0 Å². The van der Waals surface area contributed by atoms with Gasteiger partial charge in [0.1, 0.15) is 11.3 Å². The van der Waals surface area contributed by atoms with Crippen LogP contribution in [0.2, 0.25) is 0 Å². The first-order valence-electron chi connectivity index (χ1n) is 6.48. The lowest BCUT2D eigenvalue weighted by Gasteiger charge is -2.10. The van der Waals surface area contributed by atoms with Gasteiger partial charge < -0.3 is 14.9 Å². The fraction of sp³-hybridized carbons (Fsp3) is 0.467. The molecule has 2 N–H and O–H groups in total. The fourth-order valence-corrected chi connectivity index (χ4v) is 1.80. The summed E-state index contributed by atoms with van der Waals surface area (Å²) in [7, 11) is 0. The molecule has 2 aromatic rings. The number of rotatable bonds is 6. The molecular weight excluding hydrogens is 226 g/mol. The number of hydrogen-bond donors (Lipinski definition) is 1. The minimum absolute atomic E-state index is 0.190. The van der Waals surface area contributed by atoms with Gasteiger partial charge in [0.15, 0.2) is 0 Å². The van der Waals surface area contributed by atoms with Gasteiger partial charge in [0, 0.05) is 12.0 Å². The van der Waals surface area contributed by atoms with Gasteiger partial charge in [-0.3, -0.25) is 0 Å². The van der Waals surface area contributed by atoms with Gasteiger partial charge in [-0.25, -0.2) is 0 Å². The molecule has 0 radical (unpaired) electrons. The van der Waals surface area contributed by atoms with Gasteiger partial charge in [-0.1, -0.05) is 32.0 Å². The molecule has 0 bridgehead atoms. The summed E-state index contributed by atoms with van der Waals surface area (Å²) in [6, 6.07) is 9.72. The van der Waals surface area contributed by atoms with E-state index < -0.39 is 0 Å². The molecule has 3 heteroatoms. The van der Waals surface area contributed by atoms with Gasteiger partial charge >= 0.3 is 0 Å². The molecule has 98 valence electrons. The number of fused-ring (bicyclic) bond motifs is 1. The first-order chi connectivity index (χ1) is 8.66. The Morgan fingerprint density at radius 1 is 1.28 bits per heavy atom. The molecule has 0 saturated carbocycles. The monoisotopic (exact) mass is 247 g/mol. The molecule has 0 aliphatic carbocycles. The molecule has 0 aliphatic heterocycles. The smallest absolute Gasteiger partial charge is 0.134 e. The van der Waals surface area contributed by atoms with E-state index in [1.807, 2.05) is 30.3 Å². The summed E-state index contributed by atoms with van der Waals surface area (Å²) in [5.41, 5.74) is 6.94. The number of benzene rings is 1. The van der Waals surface area contributed by atoms with Crippen LogP contribution < -0.4 is 5.73 Å². The predicted octanol–water partition coefficient (Wildman–Crippen LogP) is 3.50. The van der Waals surface area contributed by atoms with Crippen LogP contribution in [0.15, 0.2) is 34.7 Å². The van der Waals surface area contributed by atoms with Gasteiger partial charge in [0.2, 0.25) is 0 Å². The van der Waals surface area contributed by atoms with Crippen LogP contribution in [-0.2, 0) is 4.74 Å². The summed E-state index contributed by atoms with van der Waals surface area (Å²) >= 11 is 0. The molecule has 0 aliphatic rings. The lowest BCUT2D eigenvalue weighted by atomic mass is 10.1. The normalized spacial score (nSPS) is 13.3. The van der Waals surface area contributed by atoms with Crippen LogP contribution in [0.5, 0.6) is 0 Å². The summed E-state index contributed by atoms with van der Waals surface area (Å²) < 4.78 is 11.3. The largest absolute Gasteiger partial charge is 0.459 e. The van der Waals surface area contributed by atoms with Crippen molar-refractivity contribution in [3.05, 3.63) is 36.1 Å². The molecule has 0 saturated heterocycles. The fourth-order valence-electron chi connectivity index (χ4n) is 1.80. The zero-order chi connectivity index (χ0) is 13.0. The lowest BCUT2D eigenvalue weighted by molar-refractivity contribution is 0.107. The molecule has 3 nitrogen and oxygen atoms in total. The number of nitrogens with two attached hydrogens (primary N) is 1. The van der Waals surface area contributed by atoms with Gasteiger partial charge in [-0.05, 0) is 24.5 Å². The highest BCUT2D eigenvalue weighted by Crippen LogP contribution is 2.22. The minimum atomic E-state index is -0.190. The first-order valence-corrected chi connectivity index (χ1v) is 6.48. The predicted molar refractivity (Wildman–Crippen MR) is 73.4 cm³/mol. The molecule has 1 unspecified atom stereocenters. The van der Waals surface area contributed by atoms with Crippen LogP contribution in [0.4, 0.5) is 0 Å². The van der Waals surface area contributed by atoms with Crippen LogP contribution in [0.1, 0.15) is 32.1 Å². The Labute approximate surface area is 108 Å². The lowest BCUT2D eigenvalue weighted by Crippen LogP contribution is -2.17. The van der Waals surface area contributed by atoms with E-state index in [9.17, 15) is 0 Å². The number of para-hydroxylation sites is 1. The molecule has 18 heavy (non-hydrogen) atoms. The van der Waals surface area contributed by atoms with E-state index in [1.54, 1.807) is 0 Å². The summed E-state index contributed by atoms with van der Waals surface area (Å²) in [6.07, 6.45) is 1.06. The van der Waals surface area contributed by atoms with Crippen LogP contribution >= 0.6 is 0 Å². The van der Waals surface area contributed by atoms with Crippen LogP contribution in [0.3, 0.4) is 0 Å². The summed E-state index contributed by atoms with van der Waals surface area (Å²) in [4.78, 5) is 0. The van der Waals surface area contributed by atoms with Gasteiger partial charge in [0.05, 0.1) is 12.6 Å². The van der Waals surface area contributed by atoms with E-state index in [4.69, 9.17) is 14.9 Å². The summed E-state index contributed by atoms with van der Waals surface area (Å²) in [5, 5.41) is 1.09. The maximum absolute atomic E-state index is 6.06. The number of ether oxygens (including phenoxy) is 1. The van der Waals surface area contributed by atoms with Gasteiger partial charge in [-0.15, -0.1) is 0 Å². The highest BCUT2D eigenvalue weighted by molar-refractivity contribution is 5.77. The maximum Gasteiger partial charge on any atom is 0.134 e. The topological polar surface area (TPSA) is 48.4 Å². The third-order valence-corrected chi connectivity index (χ3v) is 2.95. The molecule has 0 fully saturated rings. The highest BCUT2D eigenvalue weighted by atomic mass is 16.5. The number of hydrogen-bond acceptors (Lipinski definition) is 3. The van der Waals surface area contributed by atoms with E-state index in [-0.39, 0.29) is 6.04 Å². The molecule has 1 aromatic carbocycles. The Bertz CT molecular complexity index is 457. The van der Waals surface area contributed by atoms with E-state index in [2.05, 4.69) is 13.8 Å². The third kappa shape index (κ3) is 3.34. The quantitative estimate of drug-likeness (QED) is 0.795. The molecule has 2 rings (SSSR count). The zero-order valence-corrected chi connectivity index (χ0v) is 11.1.